The Hall–Kier alpha value is -4.01. The fourth-order valence-electron chi connectivity index (χ4n) is 3.42. The van der Waals surface area contributed by atoms with Crippen LogP contribution in [-0.4, -0.2) is 25.6 Å². The van der Waals surface area contributed by atoms with Gasteiger partial charge in [-0.25, -0.2) is 0 Å². The van der Waals surface area contributed by atoms with E-state index in [4.69, 9.17) is 4.52 Å². The summed E-state index contributed by atoms with van der Waals surface area (Å²) in [4.78, 5) is 42.4. The van der Waals surface area contributed by atoms with Crippen molar-refractivity contribution in [2.24, 2.45) is 0 Å². The van der Waals surface area contributed by atoms with Gasteiger partial charge in [-0.05, 0) is 49.7 Å². The first-order valence-corrected chi connectivity index (χ1v) is 9.80. The maximum absolute atomic E-state index is 12.2. The van der Waals surface area contributed by atoms with Gasteiger partial charge in [0.2, 0.25) is 17.6 Å². The Morgan fingerprint density at radius 1 is 1.16 bits per heavy atom. The van der Waals surface area contributed by atoms with Gasteiger partial charge in [0.15, 0.2) is 0 Å². The minimum Gasteiger partial charge on any atom is -0.339 e. The molecule has 158 valence electrons. The lowest BCUT2D eigenvalue weighted by atomic mass is 10.1. The summed E-state index contributed by atoms with van der Waals surface area (Å²) in [6.07, 6.45) is 0.435. The number of H-pyrrole nitrogens is 1. The summed E-state index contributed by atoms with van der Waals surface area (Å²) in [6, 6.07) is 12.5. The number of nitrogens with one attached hydrogen (secondary N) is 2. The first kappa shape index (κ1) is 20.3. The Morgan fingerprint density at radius 2 is 1.90 bits per heavy atom. The molecule has 4 rings (SSSR count). The molecule has 0 saturated carbocycles. The molecule has 4 aromatic rings. The van der Waals surface area contributed by atoms with E-state index in [1.54, 1.807) is 18.2 Å². The Balaban J connectivity index is 1.61. The van der Waals surface area contributed by atoms with Gasteiger partial charge in [-0.3, -0.25) is 19.0 Å². The number of rotatable bonds is 5. The Kier molecular flexibility index (Phi) is 5.24. The lowest BCUT2D eigenvalue weighted by Crippen LogP contribution is -2.37. The molecule has 2 aromatic carbocycles. The van der Waals surface area contributed by atoms with Crippen LogP contribution in [0.2, 0.25) is 0 Å². The van der Waals surface area contributed by atoms with Crippen molar-refractivity contribution in [3.05, 3.63) is 74.6 Å². The maximum Gasteiger partial charge on any atom is 0.316 e. The molecule has 0 bridgehead atoms. The van der Waals surface area contributed by atoms with Crippen molar-refractivity contribution >= 4 is 22.6 Å². The van der Waals surface area contributed by atoms with Gasteiger partial charge in [0.1, 0.15) is 0 Å². The molecule has 0 saturated heterocycles. The van der Waals surface area contributed by atoms with E-state index in [0.29, 0.717) is 40.4 Å². The Bertz CT molecular complexity index is 1380. The third-order valence-corrected chi connectivity index (χ3v) is 4.79. The SMILES string of the molecule is CC(=O)Nc1ccc(Cc2nc(-c3ccc4c(c3)[nH]c(=O)c(=O)n4C(C)C)no2)cc1. The lowest BCUT2D eigenvalue weighted by Gasteiger charge is -2.13. The molecule has 1 amide bonds. The van der Waals surface area contributed by atoms with Crippen LogP contribution >= 0.6 is 0 Å². The summed E-state index contributed by atoms with van der Waals surface area (Å²) in [5.41, 5.74) is 2.23. The van der Waals surface area contributed by atoms with E-state index in [9.17, 15) is 14.4 Å². The molecule has 2 aromatic heterocycles. The van der Waals surface area contributed by atoms with Crippen molar-refractivity contribution in [2.75, 3.05) is 5.32 Å². The van der Waals surface area contributed by atoms with Crippen molar-refractivity contribution in [3.8, 4) is 11.4 Å². The average Bonchev–Trinajstić information content (AvgIpc) is 3.18. The zero-order valence-corrected chi connectivity index (χ0v) is 17.3. The van der Waals surface area contributed by atoms with Crippen LogP contribution in [0.3, 0.4) is 0 Å². The van der Waals surface area contributed by atoms with Crippen LogP contribution in [0.5, 0.6) is 0 Å². The van der Waals surface area contributed by atoms with Crippen molar-refractivity contribution in [2.45, 2.75) is 33.2 Å². The first-order chi connectivity index (χ1) is 14.8. The summed E-state index contributed by atoms with van der Waals surface area (Å²) in [5, 5.41) is 6.76. The van der Waals surface area contributed by atoms with Gasteiger partial charge in [0.25, 0.3) is 0 Å². The normalized spacial score (nSPS) is 11.2. The number of aromatic nitrogens is 4. The second-order valence-electron chi connectivity index (χ2n) is 7.52. The minimum absolute atomic E-state index is 0.128. The van der Waals surface area contributed by atoms with Crippen molar-refractivity contribution in [1.29, 1.82) is 0 Å². The molecule has 0 aliphatic rings. The van der Waals surface area contributed by atoms with E-state index in [2.05, 4.69) is 20.4 Å². The fourth-order valence-corrected chi connectivity index (χ4v) is 3.42. The number of aromatic amines is 1. The molecule has 2 N–H and O–H groups in total. The number of benzene rings is 2. The van der Waals surface area contributed by atoms with Gasteiger partial charge in [0, 0.05) is 24.2 Å². The third-order valence-electron chi connectivity index (χ3n) is 4.79. The topological polar surface area (TPSA) is 123 Å². The molecule has 0 atom stereocenters. The van der Waals surface area contributed by atoms with Gasteiger partial charge < -0.3 is 14.8 Å². The Labute approximate surface area is 176 Å². The standard InChI is InChI=1S/C22H21N5O4/c1-12(2)27-18-9-6-15(11-17(18)24-21(29)22(27)30)20-25-19(31-26-20)10-14-4-7-16(8-5-14)23-13(3)28/h4-9,11-12H,10H2,1-3H3,(H,23,28)(H,24,29). The predicted octanol–water partition coefficient (Wildman–Crippen LogP) is 2.87. The molecular weight excluding hydrogens is 398 g/mol. The quantitative estimate of drug-likeness (QED) is 0.480. The largest absolute Gasteiger partial charge is 0.339 e. The van der Waals surface area contributed by atoms with Crippen molar-refractivity contribution < 1.29 is 9.32 Å². The first-order valence-electron chi connectivity index (χ1n) is 9.80. The number of hydrogen-bond donors (Lipinski definition) is 2. The zero-order valence-electron chi connectivity index (χ0n) is 17.3. The van der Waals surface area contributed by atoms with Crippen LogP contribution in [0.25, 0.3) is 22.4 Å². The summed E-state index contributed by atoms with van der Waals surface area (Å²) < 4.78 is 6.84. The summed E-state index contributed by atoms with van der Waals surface area (Å²) >= 11 is 0. The van der Waals surface area contributed by atoms with E-state index in [1.165, 1.54) is 11.5 Å². The van der Waals surface area contributed by atoms with Crippen molar-refractivity contribution in [1.82, 2.24) is 19.7 Å². The molecule has 0 fully saturated rings. The van der Waals surface area contributed by atoms with Crippen LogP contribution in [0.15, 0.2) is 56.6 Å². The number of nitrogens with zero attached hydrogens (tertiary/aromatic N) is 3. The molecule has 0 unspecified atom stereocenters. The molecule has 9 nitrogen and oxygen atoms in total. The number of anilines is 1. The van der Waals surface area contributed by atoms with Crippen LogP contribution in [0, 0.1) is 0 Å². The predicted molar refractivity (Wildman–Crippen MR) is 116 cm³/mol. The summed E-state index contributed by atoms with van der Waals surface area (Å²) in [6.45, 7) is 5.16. The minimum atomic E-state index is -0.671. The lowest BCUT2D eigenvalue weighted by molar-refractivity contribution is -0.114. The number of amides is 1. The van der Waals surface area contributed by atoms with E-state index in [-0.39, 0.29) is 11.9 Å². The highest BCUT2D eigenvalue weighted by Gasteiger charge is 2.14. The summed E-state index contributed by atoms with van der Waals surface area (Å²) in [5.74, 6) is 0.689. The number of carbonyl (C=O) groups excluding carboxylic acids is 1. The van der Waals surface area contributed by atoms with Crippen LogP contribution in [-0.2, 0) is 11.2 Å². The Morgan fingerprint density at radius 3 is 2.58 bits per heavy atom. The van der Waals surface area contributed by atoms with E-state index in [1.807, 2.05) is 38.1 Å². The van der Waals surface area contributed by atoms with E-state index in [0.717, 1.165) is 5.56 Å². The molecule has 2 heterocycles. The molecular formula is C22H21N5O4. The maximum atomic E-state index is 12.2. The van der Waals surface area contributed by atoms with Crippen molar-refractivity contribution in [3.63, 3.8) is 0 Å². The molecule has 9 heteroatoms. The second-order valence-corrected chi connectivity index (χ2v) is 7.52. The third kappa shape index (κ3) is 4.16. The zero-order chi connectivity index (χ0) is 22.1. The van der Waals surface area contributed by atoms with Crippen LogP contribution in [0.4, 0.5) is 5.69 Å². The van der Waals surface area contributed by atoms with Crippen LogP contribution in [0.1, 0.15) is 38.3 Å². The highest BCUT2D eigenvalue weighted by Crippen LogP contribution is 2.22. The smallest absolute Gasteiger partial charge is 0.316 e. The monoisotopic (exact) mass is 419 g/mol. The van der Waals surface area contributed by atoms with E-state index >= 15 is 0 Å². The molecule has 0 aliphatic heterocycles. The molecule has 0 spiro atoms. The van der Waals surface area contributed by atoms with Gasteiger partial charge >= 0.3 is 11.1 Å². The highest BCUT2D eigenvalue weighted by atomic mass is 16.5. The average molecular weight is 419 g/mol. The van der Waals surface area contributed by atoms with E-state index < -0.39 is 11.1 Å². The number of carbonyl (C=O) groups is 1. The highest BCUT2D eigenvalue weighted by molar-refractivity contribution is 5.88. The number of fused-ring (bicyclic) bond motifs is 1. The molecule has 31 heavy (non-hydrogen) atoms. The van der Waals surface area contributed by atoms with Gasteiger partial charge in [-0.2, -0.15) is 4.98 Å². The van der Waals surface area contributed by atoms with Gasteiger partial charge in [-0.15, -0.1) is 0 Å². The molecule has 0 radical (unpaired) electrons. The van der Waals surface area contributed by atoms with Crippen LogP contribution < -0.4 is 16.4 Å². The van der Waals surface area contributed by atoms with Gasteiger partial charge in [-0.1, -0.05) is 17.3 Å². The fraction of sp³-hybridized carbons (Fsp3) is 0.227. The molecule has 0 aliphatic carbocycles. The number of hydrogen-bond acceptors (Lipinski definition) is 6. The van der Waals surface area contributed by atoms with Gasteiger partial charge in [0.05, 0.1) is 17.5 Å². The second kappa shape index (κ2) is 8.02. The summed E-state index contributed by atoms with van der Waals surface area (Å²) in [7, 11) is 0.